The largest absolute Gasteiger partial charge is 0.490 e. The van der Waals surface area contributed by atoms with E-state index >= 15 is 0 Å². The van der Waals surface area contributed by atoms with Crippen LogP contribution in [0.2, 0.25) is 0 Å². The first-order valence-corrected chi connectivity index (χ1v) is 19.5. The highest BCUT2D eigenvalue weighted by atomic mass is 127. The van der Waals surface area contributed by atoms with E-state index < -0.39 is 17.9 Å². The molecule has 6 rings (SSSR count). The van der Waals surface area contributed by atoms with E-state index in [1.807, 2.05) is 85.8 Å². The van der Waals surface area contributed by atoms with Crippen molar-refractivity contribution in [1.82, 2.24) is 10.2 Å². The van der Waals surface area contributed by atoms with Gasteiger partial charge in [-0.25, -0.2) is 0 Å². The number of hydrogen-bond donors (Lipinski definition) is 1. The lowest BCUT2D eigenvalue weighted by molar-refractivity contribution is -0.126. The van der Waals surface area contributed by atoms with E-state index in [1.54, 1.807) is 43.4 Å². The number of hydrogen-bond acceptors (Lipinski definition) is 8. The van der Waals surface area contributed by atoms with Crippen LogP contribution in [0.5, 0.6) is 23.0 Å². The van der Waals surface area contributed by atoms with E-state index in [0.29, 0.717) is 44.4 Å². The minimum atomic E-state index is -0.727. The molecule has 280 valence electrons. The van der Waals surface area contributed by atoms with E-state index in [1.165, 1.54) is 11.0 Å². The third kappa shape index (κ3) is 9.56. The zero-order valence-corrected chi connectivity index (χ0v) is 33.2. The summed E-state index contributed by atoms with van der Waals surface area (Å²) in [4.78, 5) is 47.1. The van der Waals surface area contributed by atoms with Crippen LogP contribution >= 0.6 is 34.4 Å². The van der Waals surface area contributed by atoms with Crippen LogP contribution in [0.15, 0.2) is 138 Å². The van der Waals surface area contributed by atoms with Gasteiger partial charge in [-0.3, -0.25) is 19.3 Å². The SMILES string of the molecule is C=C/C=C\C(=C/C)N1C(=O)/C(=C/c2cc(I)c(OCc3ccc4c(c3)OCO4)c(OCC)c2)C(=O)N=C1SCC(=O)NC(c1ccccc1)c1ccccc1. The molecule has 0 radical (unpaired) electrons. The van der Waals surface area contributed by atoms with E-state index in [-0.39, 0.29) is 35.8 Å². The first-order valence-electron chi connectivity index (χ1n) is 17.4. The van der Waals surface area contributed by atoms with Crippen molar-refractivity contribution in [3.05, 3.63) is 159 Å². The van der Waals surface area contributed by atoms with Gasteiger partial charge in [-0.05, 0) is 95.1 Å². The number of rotatable bonds is 14. The molecule has 2 aliphatic heterocycles. The monoisotopic (exact) mass is 867 g/mol. The van der Waals surface area contributed by atoms with Gasteiger partial charge in [0.25, 0.3) is 11.8 Å². The van der Waals surface area contributed by atoms with Crippen LogP contribution < -0.4 is 24.3 Å². The standard InChI is InChI=1S/C43H38IN3O7S/c1-4-7-18-32(5-2)47-42(50)33(21-29-22-34(44)40(37(24-29)51-6-3)52-25-28-19-20-35-36(23-28)54-27-53-35)41(49)46-43(47)55-26-38(48)45-39(30-14-10-8-11-15-30)31-16-12-9-13-17-31/h4-5,7-24,39H,1,6,25-27H2,2-3H3,(H,45,48)/b18-7-,32-5+,33-21+. The van der Waals surface area contributed by atoms with Crippen molar-refractivity contribution in [3.8, 4) is 23.0 Å². The molecule has 2 aliphatic rings. The molecule has 0 unspecified atom stereocenters. The van der Waals surface area contributed by atoms with Gasteiger partial charge in [0.2, 0.25) is 12.7 Å². The van der Waals surface area contributed by atoms with Crippen molar-refractivity contribution >= 4 is 63.3 Å². The number of benzene rings is 4. The molecule has 0 aromatic heterocycles. The third-order valence-corrected chi connectivity index (χ3v) is 10.1. The van der Waals surface area contributed by atoms with Gasteiger partial charge in [-0.2, -0.15) is 4.99 Å². The summed E-state index contributed by atoms with van der Waals surface area (Å²) in [6, 6.07) is 28.1. The quantitative estimate of drug-likeness (QED) is 0.0582. The van der Waals surface area contributed by atoms with Crippen molar-refractivity contribution in [1.29, 1.82) is 0 Å². The van der Waals surface area contributed by atoms with Gasteiger partial charge >= 0.3 is 0 Å². The summed E-state index contributed by atoms with van der Waals surface area (Å²) in [7, 11) is 0. The molecule has 0 spiro atoms. The lowest BCUT2D eigenvalue weighted by atomic mass is 9.99. The van der Waals surface area contributed by atoms with Crippen LogP contribution in [-0.2, 0) is 21.0 Å². The molecule has 12 heteroatoms. The number of allylic oxidation sites excluding steroid dienone is 4. The average Bonchev–Trinajstić information content (AvgIpc) is 3.67. The maximum absolute atomic E-state index is 14.3. The Morgan fingerprint density at radius 3 is 2.38 bits per heavy atom. The predicted octanol–water partition coefficient (Wildman–Crippen LogP) is 8.39. The van der Waals surface area contributed by atoms with Crippen LogP contribution in [-0.4, -0.2) is 46.9 Å². The topological polar surface area (TPSA) is 116 Å². The normalized spacial score (nSPS) is 14.8. The molecule has 0 aliphatic carbocycles. The van der Waals surface area contributed by atoms with Gasteiger partial charge in [0, 0.05) is 5.70 Å². The molecule has 0 fully saturated rings. The van der Waals surface area contributed by atoms with Crippen LogP contribution in [0.1, 0.15) is 42.1 Å². The highest BCUT2D eigenvalue weighted by Crippen LogP contribution is 2.38. The number of carbonyl (C=O) groups excluding carboxylic acids is 3. The Morgan fingerprint density at radius 1 is 1.00 bits per heavy atom. The second-order valence-electron chi connectivity index (χ2n) is 12.1. The van der Waals surface area contributed by atoms with Crippen molar-refractivity contribution < 1.29 is 33.3 Å². The number of amides is 3. The van der Waals surface area contributed by atoms with Gasteiger partial charge in [0.15, 0.2) is 28.2 Å². The van der Waals surface area contributed by atoms with Crippen molar-refractivity contribution in [2.24, 2.45) is 4.99 Å². The summed E-state index contributed by atoms with van der Waals surface area (Å²) >= 11 is 3.15. The number of amidine groups is 1. The zero-order chi connectivity index (χ0) is 38.7. The number of aliphatic imine (C=N–C) groups is 1. The summed E-state index contributed by atoms with van der Waals surface area (Å²) < 4.78 is 23.8. The number of thioether (sulfide) groups is 1. The molecular weight excluding hydrogens is 829 g/mol. The predicted molar refractivity (Wildman–Crippen MR) is 223 cm³/mol. The van der Waals surface area contributed by atoms with Crippen LogP contribution in [0.25, 0.3) is 6.08 Å². The first kappa shape index (κ1) is 39.1. The van der Waals surface area contributed by atoms with Crippen molar-refractivity contribution in [3.63, 3.8) is 0 Å². The molecule has 0 bridgehead atoms. The Bertz CT molecular complexity index is 2160. The lowest BCUT2D eigenvalue weighted by Gasteiger charge is -2.28. The van der Waals surface area contributed by atoms with E-state index in [2.05, 4.69) is 39.5 Å². The lowest BCUT2D eigenvalue weighted by Crippen LogP contribution is -2.42. The number of fused-ring (bicyclic) bond motifs is 1. The molecule has 2 heterocycles. The number of halogens is 1. The van der Waals surface area contributed by atoms with Crippen LogP contribution in [0, 0.1) is 3.57 Å². The Morgan fingerprint density at radius 2 is 1.71 bits per heavy atom. The van der Waals surface area contributed by atoms with Gasteiger partial charge in [0.05, 0.1) is 22.0 Å². The van der Waals surface area contributed by atoms with E-state index in [0.717, 1.165) is 28.5 Å². The Labute approximate surface area is 337 Å². The van der Waals surface area contributed by atoms with Crippen LogP contribution in [0.4, 0.5) is 0 Å². The second-order valence-corrected chi connectivity index (χ2v) is 14.2. The molecule has 3 amide bonds. The molecule has 4 aromatic carbocycles. The van der Waals surface area contributed by atoms with Gasteiger partial charge in [0.1, 0.15) is 12.2 Å². The van der Waals surface area contributed by atoms with E-state index in [9.17, 15) is 14.4 Å². The van der Waals surface area contributed by atoms with Crippen molar-refractivity contribution in [2.75, 3.05) is 19.2 Å². The molecule has 55 heavy (non-hydrogen) atoms. The molecule has 4 aromatic rings. The fourth-order valence-electron chi connectivity index (χ4n) is 5.82. The average molecular weight is 868 g/mol. The van der Waals surface area contributed by atoms with Gasteiger partial charge in [-0.15, -0.1) is 0 Å². The number of ether oxygens (including phenoxy) is 4. The van der Waals surface area contributed by atoms with Crippen LogP contribution in [0.3, 0.4) is 0 Å². The van der Waals surface area contributed by atoms with E-state index in [4.69, 9.17) is 18.9 Å². The Hall–Kier alpha value is -5.60. The second kappa shape index (κ2) is 18.6. The summed E-state index contributed by atoms with van der Waals surface area (Å²) in [6.45, 7) is 8.17. The maximum atomic E-state index is 14.3. The maximum Gasteiger partial charge on any atom is 0.285 e. The third-order valence-electron chi connectivity index (χ3n) is 8.38. The zero-order valence-electron chi connectivity index (χ0n) is 30.2. The smallest absolute Gasteiger partial charge is 0.285 e. The number of carbonyl (C=O) groups is 3. The fourth-order valence-corrected chi connectivity index (χ4v) is 7.41. The molecule has 1 N–H and O–H groups in total. The summed E-state index contributed by atoms with van der Waals surface area (Å²) in [5.41, 5.74) is 3.57. The summed E-state index contributed by atoms with van der Waals surface area (Å²) in [6.07, 6.45) is 8.18. The van der Waals surface area contributed by atoms with Gasteiger partial charge < -0.3 is 24.3 Å². The highest BCUT2D eigenvalue weighted by molar-refractivity contribution is 14.1. The minimum Gasteiger partial charge on any atom is -0.490 e. The summed E-state index contributed by atoms with van der Waals surface area (Å²) in [5.74, 6) is 0.603. The highest BCUT2D eigenvalue weighted by Gasteiger charge is 2.35. The Balaban J connectivity index is 1.25. The molecule has 0 saturated heterocycles. The minimum absolute atomic E-state index is 0.0805. The number of nitrogens with zero attached hydrogens (tertiary/aromatic N) is 2. The molecule has 0 atom stereocenters. The number of nitrogens with one attached hydrogen (secondary N) is 1. The molecule has 0 saturated carbocycles. The molecule has 10 nitrogen and oxygen atoms in total. The Kier molecular flexibility index (Phi) is 13.2. The summed E-state index contributed by atoms with van der Waals surface area (Å²) in [5, 5.41) is 3.19. The van der Waals surface area contributed by atoms with Crippen molar-refractivity contribution in [2.45, 2.75) is 26.5 Å². The van der Waals surface area contributed by atoms with Gasteiger partial charge in [-0.1, -0.05) is 103 Å². The fraction of sp³-hybridized carbons (Fsp3) is 0.163. The first-order chi connectivity index (χ1) is 26.8. The molecular formula is C43H38IN3O7S.